The lowest BCUT2D eigenvalue weighted by Crippen LogP contribution is -2.58. The number of carbonyl (C=O) groups is 17. The first kappa shape index (κ1) is 103. The van der Waals surface area contributed by atoms with Crippen LogP contribution in [0.15, 0.2) is 96.9 Å². The molecule has 1 unspecified atom stereocenters. The minimum atomic E-state index is -1.71. The van der Waals surface area contributed by atoms with E-state index in [-0.39, 0.29) is 115 Å². The topological polar surface area (TPSA) is 577 Å². The number of amides is 13. The number of nitrogens with two attached hydrogens (primary N) is 3. The van der Waals surface area contributed by atoms with Gasteiger partial charge in [0.15, 0.2) is 23.3 Å². The minimum absolute atomic E-state index is 0.0406. The van der Waals surface area contributed by atoms with E-state index in [0.717, 1.165) is 26.7 Å². The number of aliphatic hydroxyl groups is 1. The second-order valence-electron chi connectivity index (χ2n) is 35.5. The fraction of sp³-hybridized carbons (Fsp3) is 0.538. The molecule has 3 aromatic carbocycles. The number of aromatic amines is 2. The summed E-state index contributed by atoms with van der Waals surface area (Å²) in [6, 6.07) is 6.35. The van der Waals surface area contributed by atoms with Crippen molar-refractivity contribution in [2.24, 2.45) is 46.8 Å². The van der Waals surface area contributed by atoms with Gasteiger partial charge in [-0.3, -0.25) is 86.9 Å². The Labute approximate surface area is 779 Å². The predicted octanol–water partition coefficient (Wildman–Crippen LogP) is 2.17. The number of H-pyrrole nitrogens is 2. The first-order valence-corrected chi connectivity index (χ1v) is 47.5. The number of aliphatic hydroxyl groups excluding tert-OH is 1. The first-order chi connectivity index (χ1) is 63.5. The van der Waals surface area contributed by atoms with Crippen LogP contribution in [0.3, 0.4) is 0 Å². The largest absolute Gasteiger partial charge is 0.508 e. The summed E-state index contributed by atoms with van der Waals surface area (Å²) in [4.78, 5) is 267. The molecule has 0 aliphatic carbocycles. The van der Waals surface area contributed by atoms with Crippen molar-refractivity contribution in [3.05, 3.63) is 119 Å². The number of benzene rings is 3. The number of nitrogens with one attached hydrogen (secondary N) is 10. The van der Waals surface area contributed by atoms with E-state index in [0.29, 0.717) is 59.0 Å². The monoisotopic (exact) mass is 1880 g/mol. The van der Waals surface area contributed by atoms with Crippen LogP contribution >= 0.6 is 23.1 Å². The van der Waals surface area contributed by atoms with E-state index < -0.39 is 247 Å². The third-order valence-electron chi connectivity index (χ3n) is 25.3. The Kier molecular flexibility index (Phi) is 37.7. The molecule has 4 fully saturated rings. The van der Waals surface area contributed by atoms with Gasteiger partial charge in [-0.05, 0) is 135 Å². The Balaban J connectivity index is 1.00. The highest BCUT2D eigenvalue weighted by Gasteiger charge is 2.47. The van der Waals surface area contributed by atoms with Crippen LogP contribution in [0.25, 0.3) is 21.0 Å². The highest BCUT2D eigenvalue weighted by molar-refractivity contribution is 8.00. The summed E-state index contributed by atoms with van der Waals surface area (Å²) < 4.78 is 0.854. The van der Waals surface area contributed by atoms with Gasteiger partial charge < -0.3 is 99.1 Å². The summed E-state index contributed by atoms with van der Waals surface area (Å²) in [6.07, 6.45) is 3.58. The van der Waals surface area contributed by atoms with E-state index in [1.165, 1.54) is 88.7 Å². The zero-order valence-corrected chi connectivity index (χ0v) is 77.6. The summed E-state index contributed by atoms with van der Waals surface area (Å²) in [5.41, 5.74) is 19.6. The van der Waals surface area contributed by atoms with Crippen molar-refractivity contribution in [2.75, 3.05) is 64.9 Å². The number of rotatable bonds is 23. The number of primary amides is 2. The van der Waals surface area contributed by atoms with Gasteiger partial charge in [0.05, 0.1) is 55.7 Å². The van der Waals surface area contributed by atoms with Crippen molar-refractivity contribution >= 4 is 150 Å². The molecule has 133 heavy (non-hydrogen) atoms. The van der Waals surface area contributed by atoms with E-state index in [1.54, 1.807) is 12.3 Å². The number of likely N-dealkylation sites (N-methyl/N-ethyl adjacent to an activating group) is 2. The number of guanidine groups is 1. The van der Waals surface area contributed by atoms with Crippen LogP contribution in [-0.4, -0.2) is 281 Å². The average Bonchev–Trinajstić information content (AvgIpc) is 1.71. The number of fused-ring (bicyclic) bond motifs is 5. The normalized spacial score (nSPS) is 25.0. The molecule has 7 heterocycles. The third kappa shape index (κ3) is 28.1. The fourth-order valence-electron chi connectivity index (χ4n) is 18.0. The molecule has 40 heteroatoms. The van der Waals surface area contributed by atoms with Gasteiger partial charge in [-0.2, -0.15) is 0 Å². The number of para-hydroxylation sites is 1. The molecule has 18 N–H and O–H groups in total. The van der Waals surface area contributed by atoms with Crippen LogP contribution in [0.4, 0.5) is 0 Å². The number of carbonyl (C=O) groups excluding carboxylic acids is 17. The number of phenols is 1. The number of unbranched alkanes of at least 4 members (excludes halogenated alkanes) is 1. The number of ketones is 4. The van der Waals surface area contributed by atoms with Gasteiger partial charge in [-0.15, -0.1) is 23.1 Å². The highest BCUT2D eigenvalue weighted by Crippen LogP contribution is 2.34. The smallest absolute Gasteiger partial charge is 0.246 e. The molecular formula is C93H125N19O19S2. The molecule has 718 valence electrons. The molecule has 0 saturated carbocycles. The van der Waals surface area contributed by atoms with Crippen molar-refractivity contribution in [2.45, 2.75) is 223 Å². The molecule has 6 aromatic rings. The van der Waals surface area contributed by atoms with E-state index >= 15 is 43.2 Å². The number of phenolic OH excluding ortho intramolecular Hbond substituents is 1. The molecule has 10 rings (SSSR count). The van der Waals surface area contributed by atoms with E-state index in [2.05, 4.69) is 52.2 Å². The molecule has 3 aromatic heterocycles. The van der Waals surface area contributed by atoms with Crippen molar-refractivity contribution in [1.29, 1.82) is 5.41 Å². The minimum Gasteiger partial charge on any atom is -0.508 e. The van der Waals surface area contributed by atoms with Crippen molar-refractivity contribution in [1.82, 2.24) is 76.7 Å². The number of thioether (sulfide) groups is 1. The maximum atomic E-state index is 15.7. The summed E-state index contributed by atoms with van der Waals surface area (Å²) >= 11 is 2.19. The Morgan fingerprint density at radius 1 is 0.579 bits per heavy atom. The molecular weight excluding hydrogens is 1750 g/mol. The van der Waals surface area contributed by atoms with Crippen molar-refractivity contribution in [3.8, 4) is 5.75 Å². The standard InChI is InChI=1S/C93H125N19O19S2/c1-7-8-21-74-92(131)111-32-15-23-72(111)77(117)39-55(17-13-30-99-93(96)97)84(123)107-70(86(125)101-46-81(95)120)49-132-50-82(121)103-67(35-54-26-28-62(114)29-27-54)89(128)108(5)53(4)83(122)105-69(43-80(94)119)91(130)110-31-14-22-71(110)78(118)40-56(36-61-45-98-51-102-61)75(115)41-57(34-52(2)3)88(127)112-33-16-24-73(112)87(126)104-66(37-58-44-100-65-20-11-9-18-63(58)65)76(116)42-59(47-113)85(124)106-68(90(129)109(74)6)38-60-48-133-79-25-12-10-19-64(60)79/h9-12,18-20,25-29,44-45,48,51-53,55-57,59,66-74,100,113-114H,7-8,13-17,21-24,30-43,46-47,49-50H2,1-6H3,(H2,94,119)(H2,95,120)(H,98,102)(H,101,125)(H,103,121)(H,104,126)(H,105,122)(H,106,124)(H,107,123)(H4,96,97,99)/t53-,55+,56+,57+,59-,66-,67-,68-,69-,70-,71-,72+,73?,74-/m0/s1. The summed E-state index contributed by atoms with van der Waals surface area (Å²) in [6.45, 7) is 5.42. The van der Waals surface area contributed by atoms with Crippen LogP contribution in [0.5, 0.6) is 5.75 Å². The van der Waals surface area contributed by atoms with E-state index in [4.69, 9.17) is 22.6 Å². The number of imidazole rings is 1. The van der Waals surface area contributed by atoms with E-state index in [1.807, 2.05) is 68.6 Å². The quantitative estimate of drug-likeness (QED) is 0.0248. The second kappa shape index (κ2) is 48.8. The molecule has 13 amide bonds. The lowest BCUT2D eigenvalue weighted by Gasteiger charge is -2.35. The van der Waals surface area contributed by atoms with Crippen molar-refractivity contribution in [3.63, 3.8) is 0 Å². The molecule has 4 aliphatic heterocycles. The Bertz CT molecular complexity index is 5200. The molecule has 14 atom stereocenters. The van der Waals surface area contributed by atoms with Gasteiger partial charge in [-0.25, -0.2) is 4.98 Å². The van der Waals surface area contributed by atoms with Crippen molar-refractivity contribution < 1.29 is 91.7 Å². The molecule has 0 radical (unpaired) electrons. The van der Waals surface area contributed by atoms with Crippen LogP contribution in [0.1, 0.15) is 159 Å². The zero-order chi connectivity index (χ0) is 96.4. The fourth-order valence-corrected chi connectivity index (χ4v) is 19.8. The third-order valence-corrected chi connectivity index (χ3v) is 27.3. The van der Waals surface area contributed by atoms with Gasteiger partial charge in [0.2, 0.25) is 76.8 Å². The number of thiophene rings is 1. The number of hydrogen-bond acceptors (Lipinski definition) is 23. The summed E-state index contributed by atoms with van der Waals surface area (Å²) in [5.74, 6) is -19.9. The lowest BCUT2D eigenvalue weighted by atomic mass is 9.83. The van der Waals surface area contributed by atoms with Gasteiger partial charge in [0.25, 0.3) is 0 Å². The maximum absolute atomic E-state index is 15.7. The van der Waals surface area contributed by atoms with Crippen LogP contribution in [-0.2, 0) is 107 Å². The predicted molar refractivity (Wildman–Crippen MR) is 495 cm³/mol. The van der Waals surface area contributed by atoms with Gasteiger partial charge in [0.1, 0.15) is 53.8 Å². The number of nitrogens with zero attached hydrogens (tertiary/aromatic N) is 6. The first-order valence-electron chi connectivity index (χ1n) is 45.4. The summed E-state index contributed by atoms with van der Waals surface area (Å²) in [7, 11) is 2.66. The molecule has 0 bridgehead atoms. The van der Waals surface area contributed by atoms with E-state index in [9.17, 15) is 48.6 Å². The molecule has 38 nitrogen and oxygen atoms in total. The second-order valence-corrected chi connectivity index (χ2v) is 37.4. The van der Waals surface area contributed by atoms with Gasteiger partial charge in [0, 0.05) is 142 Å². The number of hydrogen-bond donors (Lipinski definition) is 15. The number of aromatic hydroxyl groups is 1. The molecule has 4 aliphatic rings. The molecule has 0 spiro atoms. The van der Waals surface area contributed by atoms with Crippen LogP contribution < -0.4 is 54.4 Å². The SMILES string of the molecule is CCCC[C@H]1C(=O)N2CCC[C@@H]2C(=O)C[C@@H](CCCNC(=N)N)C(=O)N[C@H](C(=O)NCC(N)=O)CSCC(=O)N[C@@H](Cc2ccc(O)cc2)C(=O)N(C)[C@@H](C)C(=O)N[C@@H](CC(N)=O)C(=O)N2CCC[C@H]2C(=O)C[C@@H](Cc2cnc[nH]2)C(=O)C[C@@H](CC(C)C)C(=O)N2CCCC2C(=O)N[C@@H](Cc2c[nH]c3ccccc23)C(=O)C[C@@H](CO)C(=O)N[C@@H](Cc2csc3ccccc23)C(=O)N1C. The van der Waals surface area contributed by atoms with Crippen LogP contribution in [0, 0.1) is 35.0 Å². The van der Waals surface area contributed by atoms with Gasteiger partial charge >= 0.3 is 0 Å². The maximum Gasteiger partial charge on any atom is 0.246 e. The Morgan fingerprint density at radius 2 is 1.17 bits per heavy atom. The number of aromatic nitrogens is 3. The average molecular weight is 1880 g/mol. The Hall–Kier alpha value is -12.5. The van der Waals surface area contributed by atoms with Crippen LogP contribution in [0.2, 0.25) is 0 Å². The summed E-state index contributed by atoms with van der Waals surface area (Å²) in [5, 5.41) is 51.4. The lowest BCUT2D eigenvalue weighted by molar-refractivity contribution is -0.149. The molecule has 4 saturated heterocycles. The Morgan fingerprint density at radius 3 is 1.82 bits per heavy atom. The highest BCUT2D eigenvalue weighted by atomic mass is 32.2. The van der Waals surface area contributed by atoms with Gasteiger partial charge in [-0.1, -0.05) is 82.1 Å². The zero-order valence-electron chi connectivity index (χ0n) is 76.0. The number of Topliss-reactive ketones (excluding diaryl/α,β-unsaturated/α-hetero) is 4.